The minimum absolute atomic E-state index is 0.0535. The Morgan fingerprint density at radius 3 is 2.02 bits per heavy atom. The average Bonchev–Trinajstić information content (AvgIpc) is 2.91. The highest BCUT2D eigenvalue weighted by Gasteiger charge is 2.38. The highest BCUT2D eigenvalue weighted by atomic mass is 19.4. The van der Waals surface area contributed by atoms with E-state index in [2.05, 4.69) is 10.2 Å². The number of alkyl halides is 6. The molecule has 1 amide bonds. The molecule has 2 aromatic rings. The standard InChI is InChI=1S/C29H35F7N2O2/c1-4-25(38-13-10-21(11-14-38)20-5-7-24(30)8-6-20)9-12-27(2,40-3)26(39)37-18-19-15-22(28(31,32)33)17-23(16-19)29(34,35)36/h5-8,15-17,21,25H,4,9-14,18H2,1-3H3,(H,37,39)/t25-,27?/m0/s1. The number of halogens is 7. The predicted molar refractivity (Wildman–Crippen MR) is 137 cm³/mol. The lowest BCUT2D eigenvalue weighted by molar-refractivity contribution is -0.143. The number of nitrogens with one attached hydrogen (secondary N) is 1. The van der Waals surface area contributed by atoms with Crippen LogP contribution in [0, 0.1) is 5.82 Å². The van der Waals surface area contributed by atoms with Gasteiger partial charge in [0.25, 0.3) is 5.91 Å². The van der Waals surface area contributed by atoms with E-state index in [4.69, 9.17) is 4.74 Å². The first kappa shape index (κ1) is 31.9. The molecule has 4 nitrogen and oxygen atoms in total. The molecule has 2 atom stereocenters. The largest absolute Gasteiger partial charge is 0.416 e. The monoisotopic (exact) mass is 576 g/mol. The van der Waals surface area contributed by atoms with Gasteiger partial charge in [-0.05, 0) is 99.5 Å². The molecule has 1 N–H and O–H groups in total. The lowest BCUT2D eigenvalue weighted by Gasteiger charge is -2.39. The van der Waals surface area contributed by atoms with Gasteiger partial charge in [-0.3, -0.25) is 4.79 Å². The summed E-state index contributed by atoms with van der Waals surface area (Å²) in [6.07, 6.45) is -6.36. The normalized spacial score (nSPS) is 17.9. The molecule has 1 aliphatic rings. The molecule has 1 aliphatic heterocycles. The number of carbonyl (C=O) groups excluding carboxylic acids is 1. The molecular formula is C29H35F7N2O2. The van der Waals surface area contributed by atoms with Crippen LogP contribution >= 0.6 is 0 Å². The zero-order valence-electron chi connectivity index (χ0n) is 22.8. The van der Waals surface area contributed by atoms with E-state index >= 15 is 0 Å². The van der Waals surface area contributed by atoms with Gasteiger partial charge in [-0.15, -0.1) is 0 Å². The van der Waals surface area contributed by atoms with Crippen LogP contribution in [-0.4, -0.2) is 42.6 Å². The Labute approximate surface area is 229 Å². The van der Waals surface area contributed by atoms with Gasteiger partial charge in [-0.25, -0.2) is 4.39 Å². The van der Waals surface area contributed by atoms with Gasteiger partial charge in [0.05, 0.1) is 11.1 Å². The van der Waals surface area contributed by atoms with E-state index in [1.54, 1.807) is 6.92 Å². The average molecular weight is 577 g/mol. The number of rotatable bonds is 10. The number of benzene rings is 2. The number of nitrogens with zero attached hydrogens (tertiary/aromatic N) is 1. The van der Waals surface area contributed by atoms with Crippen LogP contribution < -0.4 is 5.32 Å². The van der Waals surface area contributed by atoms with Crippen molar-refractivity contribution in [2.75, 3.05) is 20.2 Å². The maximum absolute atomic E-state index is 13.3. The van der Waals surface area contributed by atoms with Crippen LogP contribution in [0.15, 0.2) is 42.5 Å². The quantitative estimate of drug-likeness (QED) is 0.302. The number of ether oxygens (including phenoxy) is 1. The van der Waals surface area contributed by atoms with Gasteiger partial charge in [0.1, 0.15) is 11.4 Å². The zero-order valence-corrected chi connectivity index (χ0v) is 22.8. The van der Waals surface area contributed by atoms with Crippen LogP contribution in [0.3, 0.4) is 0 Å². The number of carbonyl (C=O) groups is 1. The number of piperidine rings is 1. The second-order valence-corrected chi connectivity index (χ2v) is 10.5. The predicted octanol–water partition coefficient (Wildman–Crippen LogP) is 7.32. The van der Waals surface area contributed by atoms with Crippen molar-refractivity contribution in [1.82, 2.24) is 10.2 Å². The Morgan fingerprint density at radius 2 is 1.55 bits per heavy atom. The number of amides is 1. The molecule has 1 heterocycles. The Kier molecular flexibility index (Phi) is 10.3. The van der Waals surface area contributed by atoms with Gasteiger partial charge >= 0.3 is 12.4 Å². The third-order valence-corrected chi connectivity index (χ3v) is 7.84. The van der Waals surface area contributed by atoms with Crippen molar-refractivity contribution < 1.29 is 40.3 Å². The van der Waals surface area contributed by atoms with E-state index in [1.165, 1.54) is 19.2 Å². The molecule has 40 heavy (non-hydrogen) atoms. The van der Waals surface area contributed by atoms with Crippen LogP contribution in [0.2, 0.25) is 0 Å². The topological polar surface area (TPSA) is 41.6 Å². The van der Waals surface area contributed by atoms with E-state index in [-0.39, 0.29) is 23.5 Å². The smallest absolute Gasteiger partial charge is 0.369 e. The number of methoxy groups -OCH3 is 1. The molecule has 1 saturated heterocycles. The first-order valence-electron chi connectivity index (χ1n) is 13.3. The minimum Gasteiger partial charge on any atom is -0.369 e. The van der Waals surface area contributed by atoms with E-state index in [0.717, 1.165) is 37.9 Å². The van der Waals surface area contributed by atoms with Crippen molar-refractivity contribution >= 4 is 5.91 Å². The second-order valence-electron chi connectivity index (χ2n) is 10.5. The van der Waals surface area contributed by atoms with Gasteiger partial charge < -0.3 is 15.0 Å². The van der Waals surface area contributed by atoms with Gasteiger partial charge in [0.2, 0.25) is 0 Å². The van der Waals surface area contributed by atoms with Crippen molar-refractivity contribution in [3.63, 3.8) is 0 Å². The summed E-state index contributed by atoms with van der Waals surface area (Å²) >= 11 is 0. The molecule has 2 aromatic carbocycles. The molecule has 0 radical (unpaired) electrons. The number of likely N-dealkylation sites (tertiary alicyclic amines) is 1. The molecule has 0 aromatic heterocycles. The van der Waals surface area contributed by atoms with Crippen molar-refractivity contribution in [2.24, 2.45) is 0 Å². The summed E-state index contributed by atoms with van der Waals surface area (Å²) in [5, 5.41) is 2.46. The first-order chi connectivity index (χ1) is 18.7. The Morgan fingerprint density at radius 1 is 1.00 bits per heavy atom. The van der Waals surface area contributed by atoms with Crippen LogP contribution in [0.25, 0.3) is 0 Å². The highest BCUT2D eigenvalue weighted by molar-refractivity contribution is 5.84. The summed E-state index contributed by atoms with van der Waals surface area (Å²) in [5.74, 6) is -0.540. The molecule has 11 heteroatoms. The fraction of sp³-hybridized carbons (Fsp3) is 0.552. The fourth-order valence-electron chi connectivity index (χ4n) is 5.22. The van der Waals surface area contributed by atoms with E-state index in [0.29, 0.717) is 30.9 Å². The summed E-state index contributed by atoms with van der Waals surface area (Å²) < 4.78 is 97.8. The molecular weight excluding hydrogens is 541 g/mol. The Bertz CT molecular complexity index is 1090. The lowest BCUT2D eigenvalue weighted by Crippen LogP contribution is -2.47. The fourth-order valence-corrected chi connectivity index (χ4v) is 5.22. The van der Waals surface area contributed by atoms with Gasteiger partial charge in [-0.1, -0.05) is 19.1 Å². The molecule has 222 valence electrons. The molecule has 0 bridgehead atoms. The van der Waals surface area contributed by atoms with E-state index < -0.39 is 41.5 Å². The lowest BCUT2D eigenvalue weighted by atomic mass is 9.87. The van der Waals surface area contributed by atoms with Crippen molar-refractivity contribution in [2.45, 2.75) is 82.4 Å². The SMILES string of the molecule is CC[C@@H](CCC(C)(OC)C(=O)NCc1cc(C(F)(F)F)cc(C(F)(F)F)c1)N1CCC(c2ccc(F)cc2)CC1. The summed E-state index contributed by atoms with van der Waals surface area (Å²) in [6, 6.07) is 7.99. The summed E-state index contributed by atoms with van der Waals surface area (Å²) in [7, 11) is 1.35. The summed E-state index contributed by atoms with van der Waals surface area (Å²) in [5.41, 5.74) is -3.40. The summed E-state index contributed by atoms with van der Waals surface area (Å²) in [4.78, 5) is 15.4. The maximum Gasteiger partial charge on any atom is 0.416 e. The first-order valence-corrected chi connectivity index (χ1v) is 13.3. The van der Waals surface area contributed by atoms with E-state index in [1.807, 2.05) is 19.1 Å². The summed E-state index contributed by atoms with van der Waals surface area (Å²) in [6.45, 7) is 4.77. The third-order valence-electron chi connectivity index (χ3n) is 7.84. The Hall–Kier alpha value is -2.66. The molecule has 3 rings (SSSR count). The van der Waals surface area contributed by atoms with Crippen molar-refractivity contribution in [3.05, 3.63) is 70.5 Å². The maximum atomic E-state index is 13.3. The second kappa shape index (κ2) is 12.9. The number of hydrogen-bond donors (Lipinski definition) is 1. The van der Waals surface area contributed by atoms with Crippen molar-refractivity contribution in [3.8, 4) is 0 Å². The minimum atomic E-state index is -4.97. The van der Waals surface area contributed by atoms with E-state index in [9.17, 15) is 35.5 Å². The Balaban J connectivity index is 1.60. The van der Waals surface area contributed by atoms with Gasteiger partial charge in [-0.2, -0.15) is 26.3 Å². The third kappa shape index (κ3) is 8.19. The number of hydrogen-bond acceptors (Lipinski definition) is 3. The molecule has 1 fully saturated rings. The van der Waals surface area contributed by atoms with Crippen LogP contribution in [0.4, 0.5) is 30.7 Å². The zero-order chi connectivity index (χ0) is 29.7. The molecule has 0 spiro atoms. The van der Waals surface area contributed by atoms with Crippen LogP contribution in [0.1, 0.15) is 74.1 Å². The molecule has 1 unspecified atom stereocenters. The van der Waals surface area contributed by atoms with Crippen LogP contribution in [0.5, 0.6) is 0 Å². The highest BCUT2D eigenvalue weighted by Crippen LogP contribution is 2.36. The van der Waals surface area contributed by atoms with Crippen LogP contribution in [-0.2, 0) is 28.4 Å². The van der Waals surface area contributed by atoms with Gasteiger partial charge in [0, 0.05) is 19.7 Å². The van der Waals surface area contributed by atoms with Crippen molar-refractivity contribution in [1.29, 1.82) is 0 Å². The van der Waals surface area contributed by atoms with Gasteiger partial charge in [0.15, 0.2) is 0 Å². The molecule has 0 aliphatic carbocycles. The molecule has 0 saturated carbocycles.